The molecule has 76 valence electrons. The molecule has 13 heavy (non-hydrogen) atoms. The van der Waals surface area contributed by atoms with Crippen LogP contribution < -0.4 is 0 Å². The Kier molecular flexibility index (Phi) is 4.42. The predicted molar refractivity (Wildman–Crippen MR) is 55.3 cm³/mol. The molecule has 0 radical (unpaired) electrons. The highest BCUT2D eigenvalue weighted by molar-refractivity contribution is 7.99. The van der Waals surface area contributed by atoms with Gasteiger partial charge in [-0.2, -0.15) is 11.8 Å². The number of carboxylic acid groups (broad SMARTS) is 1. The number of nitrogens with zero attached hydrogens (tertiary/aromatic N) is 1. The second-order valence-corrected chi connectivity index (χ2v) is 4.69. The fourth-order valence-corrected chi connectivity index (χ4v) is 2.48. The number of thioether (sulfide) groups is 1. The van der Waals surface area contributed by atoms with Crippen molar-refractivity contribution in [3.8, 4) is 0 Å². The SMILES string of the molecule is CCSCC1CCN(C(=O)O)CC1. The van der Waals surface area contributed by atoms with Gasteiger partial charge in [0.05, 0.1) is 0 Å². The highest BCUT2D eigenvalue weighted by Gasteiger charge is 2.21. The van der Waals surface area contributed by atoms with E-state index in [1.54, 1.807) is 0 Å². The maximum Gasteiger partial charge on any atom is 0.407 e. The average Bonchev–Trinajstić information content (AvgIpc) is 2.15. The van der Waals surface area contributed by atoms with Gasteiger partial charge in [-0.1, -0.05) is 6.92 Å². The number of rotatable bonds is 3. The summed E-state index contributed by atoms with van der Waals surface area (Å²) in [7, 11) is 0. The zero-order chi connectivity index (χ0) is 9.68. The molecule has 0 atom stereocenters. The first-order valence-corrected chi connectivity index (χ1v) is 5.95. The third-order valence-corrected chi connectivity index (χ3v) is 3.56. The van der Waals surface area contributed by atoms with E-state index in [1.807, 2.05) is 11.8 Å². The topological polar surface area (TPSA) is 40.5 Å². The fraction of sp³-hybridized carbons (Fsp3) is 0.889. The van der Waals surface area contributed by atoms with Crippen LogP contribution in [0.1, 0.15) is 19.8 Å². The van der Waals surface area contributed by atoms with Gasteiger partial charge in [-0.3, -0.25) is 0 Å². The molecule has 1 saturated heterocycles. The Labute approximate surface area is 83.5 Å². The van der Waals surface area contributed by atoms with Crippen molar-refractivity contribution in [1.29, 1.82) is 0 Å². The van der Waals surface area contributed by atoms with Gasteiger partial charge in [0.1, 0.15) is 0 Å². The number of likely N-dealkylation sites (tertiary alicyclic amines) is 1. The van der Waals surface area contributed by atoms with E-state index in [9.17, 15) is 4.79 Å². The van der Waals surface area contributed by atoms with Crippen molar-refractivity contribution in [3.05, 3.63) is 0 Å². The Balaban J connectivity index is 2.18. The first-order chi connectivity index (χ1) is 6.24. The van der Waals surface area contributed by atoms with E-state index in [4.69, 9.17) is 5.11 Å². The second-order valence-electron chi connectivity index (χ2n) is 3.37. The lowest BCUT2D eigenvalue weighted by Gasteiger charge is -2.29. The molecule has 0 saturated carbocycles. The highest BCUT2D eigenvalue weighted by atomic mass is 32.2. The Morgan fingerprint density at radius 2 is 2.15 bits per heavy atom. The minimum Gasteiger partial charge on any atom is -0.465 e. The van der Waals surface area contributed by atoms with Crippen LogP contribution in [0.25, 0.3) is 0 Å². The number of amides is 1. The summed E-state index contributed by atoms with van der Waals surface area (Å²) in [5.74, 6) is 3.10. The number of piperidine rings is 1. The normalized spacial score (nSPS) is 19.0. The molecule has 0 aromatic rings. The minimum atomic E-state index is -0.762. The Bertz CT molecular complexity index is 167. The van der Waals surface area contributed by atoms with Gasteiger partial charge in [0, 0.05) is 13.1 Å². The molecule has 1 fully saturated rings. The van der Waals surface area contributed by atoms with Gasteiger partial charge in [-0.25, -0.2) is 4.79 Å². The average molecular weight is 203 g/mol. The van der Waals surface area contributed by atoms with Gasteiger partial charge < -0.3 is 10.0 Å². The first-order valence-electron chi connectivity index (χ1n) is 4.79. The van der Waals surface area contributed by atoms with Crippen LogP contribution in [0.5, 0.6) is 0 Å². The molecule has 0 bridgehead atoms. The first kappa shape index (κ1) is 10.7. The van der Waals surface area contributed by atoms with Crippen molar-refractivity contribution in [2.24, 2.45) is 5.92 Å². The molecule has 1 aliphatic heterocycles. The zero-order valence-electron chi connectivity index (χ0n) is 8.03. The number of hydrogen-bond donors (Lipinski definition) is 1. The van der Waals surface area contributed by atoms with Crippen LogP contribution in [-0.4, -0.2) is 40.7 Å². The Morgan fingerprint density at radius 1 is 1.54 bits per heavy atom. The van der Waals surface area contributed by atoms with Gasteiger partial charge in [0.2, 0.25) is 0 Å². The van der Waals surface area contributed by atoms with E-state index in [0.29, 0.717) is 0 Å². The zero-order valence-corrected chi connectivity index (χ0v) is 8.85. The van der Waals surface area contributed by atoms with Gasteiger partial charge in [-0.15, -0.1) is 0 Å². The molecule has 1 rings (SSSR count). The molecule has 1 N–H and O–H groups in total. The number of carbonyl (C=O) groups is 1. The van der Waals surface area contributed by atoms with Gasteiger partial charge in [0.15, 0.2) is 0 Å². The van der Waals surface area contributed by atoms with E-state index in [0.717, 1.165) is 31.8 Å². The summed E-state index contributed by atoms with van der Waals surface area (Å²) in [5.41, 5.74) is 0. The summed E-state index contributed by atoms with van der Waals surface area (Å²) in [5, 5.41) is 8.72. The summed E-state index contributed by atoms with van der Waals surface area (Å²) >= 11 is 1.96. The molecular weight excluding hydrogens is 186 g/mol. The Morgan fingerprint density at radius 3 is 2.62 bits per heavy atom. The predicted octanol–water partition coefficient (Wildman–Crippen LogP) is 2.13. The minimum absolute atomic E-state index is 0.726. The van der Waals surface area contributed by atoms with Crippen molar-refractivity contribution < 1.29 is 9.90 Å². The fourth-order valence-electron chi connectivity index (χ4n) is 1.58. The van der Waals surface area contributed by atoms with E-state index >= 15 is 0 Å². The quantitative estimate of drug-likeness (QED) is 0.764. The van der Waals surface area contributed by atoms with Crippen LogP contribution in [0.2, 0.25) is 0 Å². The summed E-state index contributed by atoms with van der Waals surface area (Å²) in [6.45, 7) is 3.62. The van der Waals surface area contributed by atoms with Crippen LogP contribution >= 0.6 is 11.8 Å². The highest BCUT2D eigenvalue weighted by Crippen LogP contribution is 2.21. The van der Waals surface area contributed by atoms with Gasteiger partial charge in [-0.05, 0) is 30.3 Å². The molecule has 1 aliphatic rings. The van der Waals surface area contributed by atoms with Crippen LogP contribution in [0.15, 0.2) is 0 Å². The van der Waals surface area contributed by atoms with Crippen LogP contribution in [0.4, 0.5) is 4.79 Å². The molecule has 4 heteroatoms. The number of hydrogen-bond acceptors (Lipinski definition) is 2. The van der Waals surface area contributed by atoms with Gasteiger partial charge >= 0.3 is 6.09 Å². The molecule has 0 spiro atoms. The third-order valence-electron chi connectivity index (χ3n) is 2.44. The van der Waals surface area contributed by atoms with Crippen LogP contribution in [0, 0.1) is 5.92 Å². The lowest BCUT2D eigenvalue weighted by Crippen LogP contribution is -2.37. The van der Waals surface area contributed by atoms with E-state index in [2.05, 4.69) is 6.92 Å². The molecule has 0 unspecified atom stereocenters. The van der Waals surface area contributed by atoms with E-state index in [1.165, 1.54) is 16.4 Å². The molecular formula is C9H17NO2S. The second kappa shape index (κ2) is 5.37. The Hall–Kier alpha value is -0.380. The molecule has 1 heterocycles. The summed E-state index contributed by atoms with van der Waals surface area (Å²) in [6.07, 6.45) is 1.32. The van der Waals surface area contributed by atoms with Crippen molar-refractivity contribution in [2.75, 3.05) is 24.6 Å². The van der Waals surface area contributed by atoms with Crippen molar-refractivity contribution in [1.82, 2.24) is 4.90 Å². The smallest absolute Gasteiger partial charge is 0.407 e. The van der Waals surface area contributed by atoms with E-state index in [-0.39, 0.29) is 0 Å². The lowest BCUT2D eigenvalue weighted by atomic mass is 9.99. The van der Waals surface area contributed by atoms with Crippen molar-refractivity contribution >= 4 is 17.9 Å². The van der Waals surface area contributed by atoms with Crippen LogP contribution in [-0.2, 0) is 0 Å². The summed E-state index contributed by atoms with van der Waals surface area (Å²) < 4.78 is 0. The molecule has 0 aromatic carbocycles. The van der Waals surface area contributed by atoms with E-state index < -0.39 is 6.09 Å². The summed E-state index contributed by atoms with van der Waals surface area (Å²) in [4.78, 5) is 12.1. The van der Waals surface area contributed by atoms with Gasteiger partial charge in [0.25, 0.3) is 0 Å². The van der Waals surface area contributed by atoms with Crippen molar-refractivity contribution in [3.63, 3.8) is 0 Å². The lowest BCUT2D eigenvalue weighted by molar-refractivity contribution is 0.127. The monoisotopic (exact) mass is 203 g/mol. The maximum atomic E-state index is 10.6. The molecule has 3 nitrogen and oxygen atoms in total. The summed E-state index contributed by atoms with van der Waals surface area (Å²) in [6, 6.07) is 0. The van der Waals surface area contributed by atoms with Crippen LogP contribution in [0.3, 0.4) is 0 Å². The van der Waals surface area contributed by atoms with Crippen molar-refractivity contribution in [2.45, 2.75) is 19.8 Å². The standard InChI is InChI=1S/C9H17NO2S/c1-2-13-7-8-3-5-10(6-4-8)9(11)12/h8H,2-7H2,1H3,(H,11,12). The third kappa shape index (κ3) is 3.46. The largest absolute Gasteiger partial charge is 0.465 e. The molecule has 0 aliphatic carbocycles. The molecule has 0 aromatic heterocycles. The maximum absolute atomic E-state index is 10.6. The molecule has 1 amide bonds.